The first-order chi connectivity index (χ1) is 6.56. The number of methoxy groups -OCH3 is 1. The maximum absolute atomic E-state index is 11.2. The Kier molecular flexibility index (Phi) is 3.02. The van der Waals surface area contributed by atoms with Gasteiger partial charge in [-0.15, -0.1) is 0 Å². The summed E-state index contributed by atoms with van der Waals surface area (Å²) in [5, 5.41) is 7.48. The summed E-state index contributed by atoms with van der Waals surface area (Å²) in [6.07, 6.45) is 0. The van der Waals surface area contributed by atoms with Gasteiger partial charge >= 0.3 is 5.97 Å². The molecule has 0 radical (unpaired) electrons. The summed E-state index contributed by atoms with van der Waals surface area (Å²) in [6, 6.07) is 5.18. The van der Waals surface area contributed by atoms with Crippen molar-refractivity contribution in [3.05, 3.63) is 34.9 Å². The molecule has 0 bridgehead atoms. The molecule has 0 fully saturated rings. The van der Waals surface area contributed by atoms with Crippen LogP contribution < -0.4 is 0 Å². The SMILES string of the molecule is COC(=O)c1ccc(C(C)=N)c(C)c1. The van der Waals surface area contributed by atoms with Crippen LogP contribution in [0.4, 0.5) is 0 Å². The minimum atomic E-state index is -0.345. The number of aryl methyl sites for hydroxylation is 1. The van der Waals surface area contributed by atoms with E-state index < -0.39 is 0 Å². The predicted molar refractivity (Wildman–Crippen MR) is 55.0 cm³/mol. The molecule has 0 spiro atoms. The number of rotatable bonds is 2. The fraction of sp³-hybridized carbons (Fsp3) is 0.273. The predicted octanol–water partition coefficient (Wildman–Crippen LogP) is 2.17. The van der Waals surface area contributed by atoms with Crippen LogP contribution in [0.25, 0.3) is 0 Å². The van der Waals surface area contributed by atoms with Crippen molar-refractivity contribution in [2.24, 2.45) is 0 Å². The maximum atomic E-state index is 11.2. The highest BCUT2D eigenvalue weighted by molar-refractivity contribution is 5.99. The van der Waals surface area contributed by atoms with Crippen molar-refractivity contribution < 1.29 is 9.53 Å². The molecule has 0 atom stereocenters. The molecule has 74 valence electrons. The van der Waals surface area contributed by atoms with Crippen LogP contribution in [0.1, 0.15) is 28.4 Å². The lowest BCUT2D eigenvalue weighted by Gasteiger charge is -2.05. The number of carbonyl (C=O) groups is 1. The van der Waals surface area contributed by atoms with Crippen LogP contribution in [0, 0.1) is 12.3 Å². The first-order valence-electron chi connectivity index (χ1n) is 4.30. The third-order valence-electron chi connectivity index (χ3n) is 2.05. The van der Waals surface area contributed by atoms with Gasteiger partial charge in [-0.2, -0.15) is 0 Å². The number of carbonyl (C=O) groups excluding carboxylic acids is 1. The minimum Gasteiger partial charge on any atom is -0.465 e. The summed E-state index contributed by atoms with van der Waals surface area (Å²) in [5.74, 6) is -0.345. The van der Waals surface area contributed by atoms with E-state index in [4.69, 9.17) is 5.41 Å². The summed E-state index contributed by atoms with van der Waals surface area (Å²) < 4.78 is 4.60. The summed E-state index contributed by atoms with van der Waals surface area (Å²) in [6.45, 7) is 3.60. The minimum absolute atomic E-state index is 0.345. The van der Waals surface area contributed by atoms with Crippen molar-refractivity contribution in [3.63, 3.8) is 0 Å². The van der Waals surface area contributed by atoms with Gasteiger partial charge in [0, 0.05) is 5.71 Å². The molecule has 3 heteroatoms. The van der Waals surface area contributed by atoms with Crippen LogP contribution in [0.3, 0.4) is 0 Å². The highest BCUT2D eigenvalue weighted by atomic mass is 16.5. The molecule has 3 nitrogen and oxygen atoms in total. The monoisotopic (exact) mass is 191 g/mol. The maximum Gasteiger partial charge on any atom is 0.337 e. The molecule has 0 heterocycles. The summed E-state index contributed by atoms with van der Waals surface area (Å²) in [5.41, 5.74) is 2.80. The van der Waals surface area contributed by atoms with E-state index in [1.165, 1.54) is 7.11 Å². The Morgan fingerprint density at radius 1 is 1.43 bits per heavy atom. The van der Waals surface area contributed by atoms with Gasteiger partial charge in [-0.25, -0.2) is 4.79 Å². The molecule has 0 saturated carbocycles. The Bertz CT molecular complexity index is 383. The lowest BCUT2D eigenvalue weighted by molar-refractivity contribution is 0.0600. The summed E-state index contributed by atoms with van der Waals surface area (Å²) in [4.78, 5) is 11.2. The topological polar surface area (TPSA) is 50.2 Å². The van der Waals surface area contributed by atoms with Gasteiger partial charge in [-0.3, -0.25) is 0 Å². The van der Waals surface area contributed by atoms with Crippen LogP contribution >= 0.6 is 0 Å². The normalized spacial score (nSPS) is 9.64. The summed E-state index contributed by atoms with van der Waals surface area (Å²) >= 11 is 0. The van der Waals surface area contributed by atoms with Gasteiger partial charge in [-0.05, 0) is 37.1 Å². The molecule has 0 aliphatic rings. The van der Waals surface area contributed by atoms with Crippen molar-refractivity contribution >= 4 is 11.7 Å². The van der Waals surface area contributed by atoms with Crippen LogP contribution in [0.15, 0.2) is 18.2 Å². The molecular weight excluding hydrogens is 178 g/mol. The van der Waals surface area contributed by atoms with Crippen molar-refractivity contribution in [2.45, 2.75) is 13.8 Å². The molecule has 0 aliphatic carbocycles. The van der Waals surface area contributed by atoms with Gasteiger partial charge in [0.25, 0.3) is 0 Å². The lowest BCUT2D eigenvalue weighted by atomic mass is 10.0. The van der Waals surface area contributed by atoms with Gasteiger partial charge in [0.2, 0.25) is 0 Å². The molecule has 1 aromatic carbocycles. The molecule has 1 aromatic rings. The molecule has 0 unspecified atom stereocenters. The number of benzene rings is 1. The third kappa shape index (κ3) is 1.99. The van der Waals surface area contributed by atoms with E-state index in [2.05, 4.69) is 4.74 Å². The molecule has 14 heavy (non-hydrogen) atoms. The van der Waals surface area contributed by atoms with Crippen LogP contribution in [0.2, 0.25) is 0 Å². The molecule has 1 rings (SSSR count). The average Bonchev–Trinajstić information content (AvgIpc) is 2.15. The second-order valence-electron chi connectivity index (χ2n) is 3.15. The quantitative estimate of drug-likeness (QED) is 0.575. The van der Waals surface area contributed by atoms with Gasteiger partial charge in [0.15, 0.2) is 0 Å². The molecule has 0 aliphatic heterocycles. The number of ether oxygens (including phenoxy) is 1. The van der Waals surface area contributed by atoms with Crippen LogP contribution in [-0.2, 0) is 4.74 Å². The molecule has 1 N–H and O–H groups in total. The van der Waals surface area contributed by atoms with Crippen LogP contribution in [-0.4, -0.2) is 18.8 Å². The van der Waals surface area contributed by atoms with E-state index in [-0.39, 0.29) is 5.97 Å². The Morgan fingerprint density at radius 3 is 2.50 bits per heavy atom. The Hall–Kier alpha value is -1.64. The Balaban J connectivity index is 3.12. The number of esters is 1. The highest BCUT2D eigenvalue weighted by Crippen LogP contribution is 2.12. The van der Waals surface area contributed by atoms with Gasteiger partial charge < -0.3 is 10.1 Å². The smallest absolute Gasteiger partial charge is 0.337 e. The largest absolute Gasteiger partial charge is 0.465 e. The molecular formula is C11H13NO2. The lowest BCUT2D eigenvalue weighted by Crippen LogP contribution is -2.04. The zero-order valence-corrected chi connectivity index (χ0v) is 8.55. The van der Waals surface area contributed by atoms with Crippen molar-refractivity contribution in [1.82, 2.24) is 0 Å². The first-order valence-corrected chi connectivity index (χ1v) is 4.30. The summed E-state index contributed by atoms with van der Waals surface area (Å²) in [7, 11) is 1.35. The van der Waals surface area contributed by atoms with Gasteiger partial charge in [0.1, 0.15) is 0 Å². The van der Waals surface area contributed by atoms with E-state index in [1.54, 1.807) is 25.1 Å². The second-order valence-corrected chi connectivity index (χ2v) is 3.15. The fourth-order valence-corrected chi connectivity index (χ4v) is 1.33. The van der Waals surface area contributed by atoms with Gasteiger partial charge in [-0.1, -0.05) is 6.07 Å². The van der Waals surface area contributed by atoms with Crippen molar-refractivity contribution in [2.75, 3.05) is 7.11 Å². The molecule has 0 saturated heterocycles. The Morgan fingerprint density at radius 2 is 2.07 bits per heavy atom. The molecule has 0 aromatic heterocycles. The van der Waals surface area contributed by atoms with Gasteiger partial charge in [0.05, 0.1) is 12.7 Å². The van der Waals surface area contributed by atoms with E-state index >= 15 is 0 Å². The third-order valence-corrected chi connectivity index (χ3v) is 2.05. The first kappa shape index (κ1) is 10.4. The zero-order chi connectivity index (χ0) is 10.7. The van der Waals surface area contributed by atoms with E-state index in [0.29, 0.717) is 11.3 Å². The van der Waals surface area contributed by atoms with Crippen molar-refractivity contribution in [3.8, 4) is 0 Å². The number of hydrogen-bond donors (Lipinski definition) is 1. The van der Waals surface area contributed by atoms with E-state index in [9.17, 15) is 4.79 Å². The number of hydrogen-bond acceptors (Lipinski definition) is 3. The van der Waals surface area contributed by atoms with Crippen LogP contribution in [0.5, 0.6) is 0 Å². The Labute approximate surface area is 83.2 Å². The second kappa shape index (κ2) is 4.05. The van der Waals surface area contributed by atoms with E-state index in [0.717, 1.165) is 11.1 Å². The van der Waals surface area contributed by atoms with Crippen molar-refractivity contribution in [1.29, 1.82) is 5.41 Å². The highest BCUT2D eigenvalue weighted by Gasteiger charge is 2.07. The standard InChI is InChI=1S/C11H13NO2/c1-7-6-9(11(13)14-3)4-5-10(7)8(2)12/h4-6,12H,1-3H3. The number of nitrogens with one attached hydrogen (secondary N) is 1. The molecule has 0 amide bonds. The van der Waals surface area contributed by atoms with E-state index in [1.807, 2.05) is 6.92 Å². The average molecular weight is 191 g/mol. The zero-order valence-electron chi connectivity index (χ0n) is 8.55. The fourth-order valence-electron chi connectivity index (χ4n) is 1.33.